The first-order valence-corrected chi connectivity index (χ1v) is 2.92. The molecule has 0 aromatic heterocycles. The summed E-state index contributed by atoms with van der Waals surface area (Å²) in [5.41, 5.74) is 4.85. The van der Waals surface area contributed by atoms with Crippen molar-refractivity contribution in [2.24, 2.45) is 11.7 Å². The van der Waals surface area contributed by atoms with Gasteiger partial charge in [-0.15, -0.1) is 12.4 Å². The average Bonchev–Trinajstić information content (AvgIpc) is 1.57. The van der Waals surface area contributed by atoms with E-state index in [0.29, 0.717) is 0 Å². The predicted octanol–water partition coefficient (Wildman–Crippen LogP) is 0.944. The molecule has 1 aliphatic heterocycles. The molecule has 0 aromatic rings. The molecule has 1 fully saturated rings. The first kappa shape index (κ1) is 11.0. The van der Waals surface area contributed by atoms with Crippen molar-refractivity contribution in [1.29, 1.82) is 0 Å². The van der Waals surface area contributed by atoms with Gasteiger partial charge < -0.3 is 10.5 Å². The van der Waals surface area contributed by atoms with E-state index in [1.807, 2.05) is 0 Å². The molecular formula is C5H9ClF3NO. The van der Waals surface area contributed by atoms with Crippen LogP contribution in [0.15, 0.2) is 0 Å². The van der Waals surface area contributed by atoms with Gasteiger partial charge in [0.1, 0.15) is 6.04 Å². The first-order valence-electron chi connectivity index (χ1n) is 2.92. The van der Waals surface area contributed by atoms with Gasteiger partial charge in [0.2, 0.25) is 0 Å². The second kappa shape index (κ2) is 3.60. The summed E-state index contributed by atoms with van der Waals surface area (Å²) in [6.45, 7) is 0.279. The molecule has 1 rings (SSSR count). The monoisotopic (exact) mass is 191 g/mol. The highest BCUT2D eigenvalue weighted by molar-refractivity contribution is 5.85. The molecule has 68 valence electrons. The topological polar surface area (TPSA) is 35.2 Å². The molecular weight excluding hydrogens is 183 g/mol. The number of alkyl halides is 3. The van der Waals surface area contributed by atoms with Crippen molar-refractivity contribution in [3.63, 3.8) is 0 Å². The van der Waals surface area contributed by atoms with Gasteiger partial charge in [-0.3, -0.25) is 0 Å². The van der Waals surface area contributed by atoms with Crippen molar-refractivity contribution in [3.8, 4) is 0 Å². The molecule has 0 unspecified atom stereocenters. The van der Waals surface area contributed by atoms with Crippen molar-refractivity contribution in [2.75, 3.05) is 13.2 Å². The molecule has 0 spiro atoms. The lowest BCUT2D eigenvalue weighted by Crippen LogP contribution is -2.51. The van der Waals surface area contributed by atoms with Crippen LogP contribution in [0.5, 0.6) is 0 Å². The normalized spacial score (nSPS) is 21.8. The van der Waals surface area contributed by atoms with E-state index in [0.717, 1.165) is 0 Å². The Balaban J connectivity index is 0.000001000. The maximum Gasteiger partial charge on any atom is 0.404 e. The quantitative estimate of drug-likeness (QED) is 0.670. The number of hydrogen-bond donors (Lipinski definition) is 1. The standard InChI is InChI=1S/C5H8F3NO.ClH/c6-5(7,8)4(9)3-1-10-2-3;/h3-4H,1-2,9H2;1H/t4-;/m0./s1. The number of ether oxygens (including phenoxy) is 1. The van der Waals surface area contributed by atoms with Crippen LogP contribution in [0.2, 0.25) is 0 Å². The van der Waals surface area contributed by atoms with Crippen molar-refractivity contribution in [3.05, 3.63) is 0 Å². The fourth-order valence-electron chi connectivity index (χ4n) is 0.729. The Morgan fingerprint density at radius 2 is 1.82 bits per heavy atom. The zero-order valence-corrected chi connectivity index (χ0v) is 6.41. The van der Waals surface area contributed by atoms with Crippen molar-refractivity contribution >= 4 is 12.4 Å². The number of nitrogens with two attached hydrogens (primary N) is 1. The maximum absolute atomic E-state index is 11.7. The first-order chi connectivity index (χ1) is 4.52. The van der Waals surface area contributed by atoms with Gasteiger partial charge in [-0.05, 0) is 0 Å². The lowest BCUT2D eigenvalue weighted by Gasteiger charge is -2.32. The summed E-state index contributed by atoms with van der Waals surface area (Å²) in [6.07, 6.45) is -4.27. The van der Waals surface area contributed by atoms with Gasteiger partial charge >= 0.3 is 6.18 Å². The Labute approximate surface area is 68.3 Å². The summed E-state index contributed by atoms with van der Waals surface area (Å²) >= 11 is 0. The van der Waals surface area contributed by atoms with Gasteiger partial charge in [0.15, 0.2) is 0 Å². The second-order valence-corrected chi connectivity index (χ2v) is 2.36. The molecule has 2 N–H and O–H groups in total. The minimum Gasteiger partial charge on any atom is -0.381 e. The lowest BCUT2D eigenvalue weighted by molar-refractivity contribution is -0.187. The van der Waals surface area contributed by atoms with Crippen molar-refractivity contribution in [2.45, 2.75) is 12.2 Å². The van der Waals surface area contributed by atoms with Gasteiger partial charge in [0, 0.05) is 5.92 Å². The zero-order chi connectivity index (χ0) is 7.78. The van der Waals surface area contributed by atoms with Crippen LogP contribution in [0.25, 0.3) is 0 Å². The zero-order valence-electron chi connectivity index (χ0n) is 5.60. The van der Waals surface area contributed by atoms with Crippen LogP contribution in [-0.4, -0.2) is 25.4 Å². The van der Waals surface area contributed by atoms with E-state index in [9.17, 15) is 13.2 Å². The van der Waals surface area contributed by atoms with Crippen LogP contribution in [0.3, 0.4) is 0 Å². The summed E-state index contributed by atoms with van der Waals surface area (Å²) in [7, 11) is 0. The minimum absolute atomic E-state index is 0. The molecule has 11 heavy (non-hydrogen) atoms. The number of halogens is 4. The molecule has 2 nitrogen and oxygen atoms in total. The van der Waals surface area contributed by atoms with Crippen LogP contribution in [0.1, 0.15) is 0 Å². The van der Waals surface area contributed by atoms with Gasteiger partial charge in [-0.2, -0.15) is 13.2 Å². The van der Waals surface area contributed by atoms with Crippen LogP contribution < -0.4 is 5.73 Å². The van der Waals surface area contributed by atoms with E-state index < -0.39 is 18.1 Å². The largest absolute Gasteiger partial charge is 0.404 e. The Kier molecular flexibility index (Phi) is 3.60. The third-order valence-corrected chi connectivity index (χ3v) is 1.55. The predicted molar refractivity (Wildman–Crippen MR) is 35.6 cm³/mol. The number of rotatable bonds is 1. The summed E-state index contributed by atoms with van der Waals surface area (Å²) in [6, 6.07) is -1.71. The molecule has 1 heterocycles. The second-order valence-electron chi connectivity index (χ2n) is 2.36. The van der Waals surface area contributed by atoms with Gasteiger partial charge in [-0.1, -0.05) is 0 Å². The van der Waals surface area contributed by atoms with E-state index >= 15 is 0 Å². The highest BCUT2D eigenvalue weighted by Gasteiger charge is 2.44. The van der Waals surface area contributed by atoms with Gasteiger partial charge in [0.25, 0.3) is 0 Å². The Bertz CT molecular complexity index is 125. The summed E-state index contributed by atoms with van der Waals surface area (Å²) in [5.74, 6) is -0.528. The Morgan fingerprint density at radius 1 is 1.36 bits per heavy atom. The molecule has 0 radical (unpaired) electrons. The maximum atomic E-state index is 11.7. The summed E-state index contributed by atoms with van der Waals surface area (Å²) in [5, 5.41) is 0. The van der Waals surface area contributed by atoms with Crippen molar-refractivity contribution < 1.29 is 17.9 Å². The van der Waals surface area contributed by atoms with E-state index in [4.69, 9.17) is 5.73 Å². The minimum atomic E-state index is -4.27. The third kappa shape index (κ3) is 2.50. The van der Waals surface area contributed by atoms with Crippen molar-refractivity contribution in [1.82, 2.24) is 0 Å². The molecule has 0 saturated carbocycles. The Morgan fingerprint density at radius 3 is 1.91 bits per heavy atom. The fourth-order valence-corrected chi connectivity index (χ4v) is 0.729. The van der Waals surface area contributed by atoms with E-state index in [1.54, 1.807) is 0 Å². The molecule has 0 aromatic carbocycles. The molecule has 1 saturated heterocycles. The summed E-state index contributed by atoms with van der Waals surface area (Å²) in [4.78, 5) is 0. The van der Waals surface area contributed by atoms with Crippen LogP contribution in [0.4, 0.5) is 13.2 Å². The lowest BCUT2D eigenvalue weighted by atomic mass is 9.99. The highest BCUT2D eigenvalue weighted by atomic mass is 35.5. The fraction of sp³-hybridized carbons (Fsp3) is 1.00. The SMILES string of the molecule is Cl.N[C@@H](C1COC1)C(F)(F)F. The highest BCUT2D eigenvalue weighted by Crippen LogP contribution is 2.27. The molecule has 0 amide bonds. The molecule has 0 aliphatic carbocycles. The van der Waals surface area contributed by atoms with Crippen LogP contribution in [-0.2, 0) is 4.74 Å². The molecule has 1 aliphatic rings. The average molecular weight is 192 g/mol. The number of hydrogen-bond acceptors (Lipinski definition) is 2. The van der Waals surface area contributed by atoms with Crippen LogP contribution in [0, 0.1) is 5.92 Å². The molecule has 1 atom stereocenters. The molecule has 0 bridgehead atoms. The van der Waals surface area contributed by atoms with Gasteiger partial charge in [0.05, 0.1) is 13.2 Å². The molecule has 6 heteroatoms. The van der Waals surface area contributed by atoms with Crippen LogP contribution >= 0.6 is 12.4 Å². The summed E-state index contributed by atoms with van der Waals surface area (Å²) < 4.78 is 39.8. The Hall–Kier alpha value is -0.0000000000000000555. The van der Waals surface area contributed by atoms with E-state index in [1.165, 1.54) is 0 Å². The van der Waals surface area contributed by atoms with E-state index in [-0.39, 0.29) is 25.6 Å². The third-order valence-electron chi connectivity index (χ3n) is 1.55. The van der Waals surface area contributed by atoms with E-state index in [2.05, 4.69) is 4.74 Å². The smallest absolute Gasteiger partial charge is 0.381 e. The van der Waals surface area contributed by atoms with Gasteiger partial charge in [-0.25, -0.2) is 0 Å².